The van der Waals surface area contributed by atoms with Gasteiger partial charge < -0.3 is 10.6 Å². The molecule has 0 saturated heterocycles. The molecule has 0 unspecified atom stereocenters. The van der Waals surface area contributed by atoms with Crippen LogP contribution < -0.4 is 10.6 Å². The van der Waals surface area contributed by atoms with E-state index in [2.05, 4.69) is 10.6 Å². The molecule has 0 spiro atoms. The molecule has 1 aliphatic carbocycles. The molecule has 0 aromatic heterocycles. The first-order valence-electron chi connectivity index (χ1n) is 9.48. The van der Waals surface area contributed by atoms with Crippen molar-refractivity contribution in [3.05, 3.63) is 94.5 Å². The van der Waals surface area contributed by atoms with E-state index in [1.807, 2.05) is 30.3 Å². The van der Waals surface area contributed by atoms with Crippen molar-refractivity contribution in [1.82, 2.24) is 0 Å². The molecule has 4 rings (SSSR count). The van der Waals surface area contributed by atoms with E-state index in [9.17, 15) is 18.4 Å². The van der Waals surface area contributed by atoms with Crippen molar-refractivity contribution in [3.63, 3.8) is 0 Å². The van der Waals surface area contributed by atoms with Crippen molar-refractivity contribution < 1.29 is 18.4 Å². The lowest BCUT2D eigenvalue weighted by Crippen LogP contribution is -2.18. The number of anilines is 2. The Kier molecular flexibility index (Phi) is 6.12. The van der Waals surface area contributed by atoms with Gasteiger partial charge in [-0.05, 0) is 35.9 Å². The summed E-state index contributed by atoms with van der Waals surface area (Å²) in [6.07, 6.45) is 0. The first-order chi connectivity index (χ1) is 15.2. The van der Waals surface area contributed by atoms with Gasteiger partial charge in [0.25, 0.3) is 5.91 Å². The molecule has 164 valence electrons. The fourth-order valence-corrected chi connectivity index (χ4v) is 4.55. The van der Waals surface area contributed by atoms with Gasteiger partial charge in [0.15, 0.2) is 0 Å². The van der Waals surface area contributed by atoms with Crippen molar-refractivity contribution in [2.45, 2.75) is 10.3 Å². The van der Waals surface area contributed by atoms with Crippen LogP contribution in [0.15, 0.2) is 66.7 Å². The van der Waals surface area contributed by atoms with Crippen molar-refractivity contribution in [3.8, 4) is 0 Å². The highest BCUT2D eigenvalue weighted by Crippen LogP contribution is 2.65. The van der Waals surface area contributed by atoms with Crippen LogP contribution in [0.4, 0.5) is 20.2 Å². The number of benzene rings is 3. The largest absolute Gasteiger partial charge is 0.326 e. The van der Waals surface area contributed by atoms with E-state index in [4.69, 9.17) is 34.8 Å². The monoisotopic (exact) mass is 494 g/mol. The molecule has 4 nitrogen and oxygen atoms in total. The van der Waals surface area contributed by atoms with Crippen LogP contribution in [0.1, 0.15) is 21.8 Å². The average molecular weight is 496 g/mol. The van der Waals surface area contributed by atoms with Gasteiger partial charge in [0.2, 0.25) is 5.91 Å². The Morgan fingerprint density at radius 3 is 2.19 bits per heavy atom. The van der Waals surface area contributed by atoms with Crippen LogP contribution in [0.25, 0.3) is 0 Å². The third kappa shape index (κ3) is 4.31. The van der Waals surface area contributed by atoms with Gasteiger partial charge in [0.1, 0.15) is 21.7 Å². The second-order valence-electron chi connectivity index (χ2n) is 7.28. The van der Waals surface area contributed by atoms with E-state index in [1.54, 1.807) is 0 Å². The van der Waals surface area contributed by atoms with Crippen molar-refractivity contribution in [1.29, 1.82) is 0 Å². The lowest BCUT2D eigenvalue weighted by molar-refractivity contribution is -0.117. The lowest BCUT2D eigenvalue weighted by Gasteiger charge is -2.11. The van der Waals surface area contributed by atoms with E-state index >= 15 is 0 Å². The highest BCUT2D eigenvalue weighted by atomic mass is 35.5. The zero-order valence-electron chi connectivity index (χ0n) is 16.2. The topological polar surface area (TPSA) is 58.2 Å². The predicted octanol–water partition coefficient (Wildman–Crippen LogP) is 6.40. The molecule has 0 heterocycles. The molecular formula is C23H15Cl3F2N2O2. The minimum Gasteiger partial charge on any atom is -0.326 e. The molecule has 2 N–H and O–H groups in total. The van der Waals surface area contributed by atoms with Crippen molar-refractivity contribution >= 4 is 58.0 Å². The minimum absolute atomic E-state index is 0.0369. The first-order valence-corrected chi connectivity index (χ1v) is 10.6. The van der Waals surface area contributed by atoms with Gasteiger partial charge in [-0.25, -0.2) is 8.78 Å². The molecule has 1 saturated carbocycles. The highest BCUT2D eigenvalue weighted by Gasteiger charge is 2.67. The fourth-order valence-electron chi connectivity index (χ4n) is 3.52. The molecule has 1 fully saturated rings. The molecule has 32 heavy (non-hydrogen) atoms. The van der Waals surface area contributed by atoms with Gasteiger partial charge in [0.05, 0.1) is 16.5 Å². The summed E-state index contributed by atoms with van der Waals surface area (Å²) in [5, 5.41) is 4.88. The molecule has 0 aliphatic heterocycles. The van der Waals surface area contributed by atoms with Gasteiger partial charge in [-0.2, -0.15) is 0 Å². The molecule has 2 amide bonds. The number of amides is 2. The normalized spacial score (nSPS) is 18.7. The van der Waals surface area contributed by atoms with E-state index < -0.39 is 39.4 Å². The number of carbonyl (C=O) groups is 2. The van der Waals surface area contributed by atoms with E-state index in [0.29, 0.717) is 0 Å². The SMILES string of the molecule is O=C(Nc1c(F)cccc1F)c1cc(NC(=O)[C@@H]2[C@@H](c3ccccc3)C2(Cl)Cl)ccc1Cl. The van der Waals surface area contributed by atoms with Crippen LogP contribution >= 0.6 is 34.8 Å². The van der Waals surface area contributed by atoms with Crippen LogP contribution in [-0.4, -0.2) is 16.1 Å². The number of carbonyl (C=O) groups excluding carboxylic acids is 2. The first kappa shape index (κ1) is 22.5. The third-order valence-electron chi connectivity index (χ3n) is 5.17. The summed E-state index contributed by atoms with van der Waals surface area (Å²) in [7, 11) is 0. The summed E-state index contributed by atoms with van der Waals surface area (Å²) in [4.78, 5) is 25.4. The lowest BCUT2D eigenvalue weighted by atomic mass is 10.1. The fraction of sp³-hybridized carbons (Fsp3) is 0.130. The highest BCUT2D eigenvalue weighted by molar-refractivity contribution is 6.53. The van der Waals surface area contributed by atoms with Crippen LogP contribution in [0.5, 0.6) is 0 Å². The number of hydrogen-bond acceptors (Lipinski definition) is 2. The van der Waals surface area contributed by atoms with Crippen LogP contribution in [0.3, 0.4) is 0 Å². The van der Waals surface area contributed by atoms with Crippen molar-refractivity contribution in [2.75, 3.05) is 10.6 Å². The maximum Gasteiger partial charge on any atom is 0.257 e. The summed E-state index contributed by atoms with van der Waals surface area (Å²) < 4.78 is 26.4. The molecule has 3 aromatic carbocycles. The standard InChI is InChI=1S/C23H15Cl3F2N2O2/c24-15-10-9-13(11-14(15)21(31)30-20-16(27)7-4-8-17(20)28)29-22(32)19-18(23(19,25)26)12-5-2-1-3-6-12/h1-11,18-19H,(H,29,32)(H,30,31)/t18-,19+/m1/s1. The average Bonchev–Trinajstić information content (AvgIpc) is 3.34. The summed E-state index contributed by atoms with van der Waals surface area (Å²) in [6, 6.07) is 16.6. The maximum atomic E-state index is 13.9. The van der Waals surface area contributed by atoms with E-state index in [1.165, 1.54) is 24.3 Å². The third-order valence-corrected chi connectivity index (χ3v) is 6.44. The molecule has 2 atom stereocenters. The Labute approximate surface area is 197 Å². The second-order valence-corrected chi connectivity index (χ2v) is 9.13. The molecule has 9 heteroatoms. The predicted molar refractivity (Wildman–Crippen MR) is 122 cm³/mol. The summed E-state index contributed by atoms with van der Waals surface area (Å²) in [5.41, 5.74) is 0.411. The van der Waals surface area contributed by atoms with Gasteiger partial charge in [-0.3, -0.25) is 9.59 Å². The molecule has 0 radical (unpaired) electrons. The number of hydrogen-bond donors (Lipinski definition) is 2. The molecular weight excluding hydrogens is 481 g/mol. The summed E-state index contributed by atoms with van der Waals surface area (Å²) in [5.74, 6) is -4.22. The Balaban J connectivity index is 1.52. The van der Waals surface area contributed by atoms with Crippen LogP contribution in [0, 0.1) is 17.6 Å². The number of nitrogens with one attached hydrogen (secondary N) is 2. The number of para-hydroxylation sites is 1. The summed E-state index contributed by atoms with van der Waals surface area (Å²) >= 11 is 18.8. The Morgan fingerprint density at radius 1 is 0.875 bits per heavy atom. The summed E-state index contributed by atoms with van der Waals surface area (Å²) in [6.45, 7) is 0. The van der Waals surface area contributed by atoms with Crippen LogP contribution in [-0.2, 0) is 4.79 Å². The second kappa shape index (κ2) is 8.70. The number of rotatable bonds is 5. The van der Waals surface area contributed by atoms with E-state index in [0.717, 1.165) is 17.7 Å². The Hall–Kier alpha value is -2.67. The van der Waals surface area contributed by atoms with E-state index in [-0.39, 0.29) is 22.2 Å². The quantitative estimate of drug-likeness (QED) is 0.403. The van der Waals surface area contributed by atoms with Crippen LogP contribution in [0.2, 0.25) is 5.02 Å². The Bertz CT molecular complexity index is 1180. The van der Waals surface area contributed by atoms with Gasteiger partial charge in [-0.15, -0.1) is 23.2 Å². The van der Waals surface area contributed by atoms with Gasteiger partial charge in [-0.1, -0.05) is 48.0 Å². The maximum absolute atomic E-state index is 13.9. The van der Waals surface area contributed by atoms with Gasteiger partial charge >= 0.3 is 0 Å². The zero-order chi connectivity index (χ0) is 23.0. The number of alkyl halides is 2. The molecule has 3 aromatic rings. The van der Waals surface area contributed by atoms with Gasteiger partial charge in [0, 0.05) is 11.6 Å². The molecule has 0 bridgehead atoms. The zero-order valence-corrected chi connectivity index (χ0v) is 18.5. The molecule has 1 aliphatic rings. The Morgan fingerprint density at radius 2 is 1.53 bits per heavy atom. The minimum atomic E-state index is -1.26. The smallest absolute Gasteiger partial charge is 0.257 e. The number of halogens is 5. The van der Waals surface area contributed by atoms with Crippen molar-refractivity contribution in [2.24, 2.45) is 5.92 Å².